The highest BCUT2D eigenvalue weighted by Crippen LogP contribution is 2.27. The van der Waals surface area contributed by atoms with E-state index in [0.717, 1.165) is 32.6 Å². The van der Waals surface area contributed by atoms with Crippen LogP contribution in [0.2, 0.25) is 0 Å². The molecule has 0 spiro atoms. The van der Waals surface area contributed by atoms with Gasteiger partial charge in [0.2, 0.25) is 5.43 Å². The van der Waals surface area contributed by atoms with Crippen LogP contribution >= 0.6 is 15.9 Å². The van der Waals surface area contributed by atoms with E-state index >= 15 is 0 Å². The summed E-state index contributed by atoms with van der Waals surface area (Å²) in [6.45, 7) is 2.56. The Hall–Kier alpha value is -2.92. The third-order valence-electron chi connectivity index (χ3n) is 4.63. The number of nitrogens with zero attached hydrogens (tertiary/aromatic N) is 2. The van der Waals surface area contributed by atoms with Gasteiger partial charge >= 0.3 is 0 Å². The van der Waals surface area contributed by atoms with Gasteiger partial charge in [-0.25, -0.2) is 4.98 Å². The average molecular weight is 435 g/mol. The Labute approximate surface area is 171 Å². The molecule has 5 heteroatoms. The summed E-state index contributed by atoms with van der Waals surface area (Å²) < 4.78 is 9.01. The van der Waals surface area contributed by atoms with E-state index in [1.807, 2.05) is 73.8 Å². The summed E-state index contributed by atoms with van der Waals surface area (Å²) in [6, 6.07) is 19.6. The van der Waals surface area contributed by atoms with Crippen molar-refractivity contribution in [1.82, 2.24) is 9.55 Å². The molecule has 0 saturated heterocycles. The quantitative estimate of drug-likeness (QED) is 0.412. The number of aromatic nitrogens is 2. The van der Waals surface area contributed by atoms with Crippen LogP contribution in [0.25, 0.3) is 11.0 Å². The summed E-state index contributed by atoms with van der Waals surface area (Å²) in [6.07, 6.45) is 4.26. The van der Waals surface area contributed by atoms with Crippen LogP contribution in [0.5, 0.6) is 11.5 Å². The number of aryl methyl sites for hydroxylation is 1. The van der Waals surface area contributed by atoms with Gasteiger partial charge in [0.25, 0.3) is 0 Å². The van der Waals surface area contributed by atoms with E-state index in [4.69, 9.17) is 4.74 Å². The summed E-state index contributed by atoms with van der Waals surface area (Å²) >= 11 is 3.47. The van der Waals surface area contributed by atoms with E-state index in [1.54, 1.807) is 6.20 Å². The molecule has 4 aromatic rings. The summed E-state index contributed by atoms with van der Waals surface area (Å²) in [7, 11) is 0. The van der Waals surface area contributed by atoms with Gasteiger partial charge in [0.15, 0.2) is 0 Å². The molecular formula is C23H19BrN2O2. The molecule has 0 aliphatic heterocycles. The summed E-state index contributed by atoms with van der Waals surface area (Å²) in [5.74, 6) is 1.58. The molecule has 0 unspecified atom stereocenters. The Morgan fingerprint density at radius 2 is 1.79 bits per heavy atom. The number of rotatable bonds is 5. The van der Waals surface area contributed by atoms with Gasteiger partial charge in [-0.15, -0.1) is 0 Å². The Bertz CT molecular complexity index is 1190. The second-order valence-electron chi connectivity index (χ2n) is 6.51. The van der Waals surface area contributed by atoms with E-state index in [9.17, 15) is 4.79 Å². The maximum absolute atomic E-state index is 12.7. The molecular weight excluding hydrogens is 416 g/mol. The Morgan fingerprint density at radius 3 is 2.57 bits per heavy atom. The van der Waals surface area contributed by atoms with Crippen molar-refractivity contribution in [1.29, 1.82) is 0 Å². The van der Waals surface area contributed by atoms with Crippen molar-refractivity contribution in [2.24, 2.45) is 0 Å². The molecule has 0 fully saturated rings. The fraction of sp³-hybridized carbons (Fsp3) is 0.130. The van der Waals surface area contributed by atoms with Crippen molar-refractivity contribution in [3.8, 4) is 11.5 Å². The van der Waals surface area contributed by atoms with Crippen molar-refractivity contribution in [3.05, 3.63) is 98.9 Å². The summed E-state index contributed by atoms with van der Waals surface area (Å²) in [5.41, 5.74) is 3.06. The zero-order chi connectivity index (χ0) is 19.5. The smallest absolute Gasteiger partial charge is 0.210 e. The third-order valence-corrected chi connectivity index (χ3v) is 5.06. The lowest BCUT2D eigenvalue weighted by atomic mass is 10.1. The molecule has 2 aromatic carbocycles. The highest BCUT2D eigenvalue weighted by atomic mass is 79.9. The van der Waals surface area contributed by atoms with E-state index in [2.05, 4.69) is 25.5 Å². The van der Waals surface area contributed by atoms with Crippen molar-refractivity contribution >= 4 is 27.0 Å². The zero-order valence-electron chi connectivity index (χ0n) is 15.4. The predicted molar refractivity (Wildman–Crippen MR) is 115 cm³/mol. The van der Waals surface area contributed by atoms with Crippen LogP contribution in [0, 0.1) is 0 Å². The summed E-state index contributed by atoms with van der Waals surface area (Å²) in [4.78, 5) is 17.0. The van der Waals surface area contributed by atoms with Gasteiger partial charge < -0.3 is 9.30 Å². The molecule has 4 rings (SSSR count). The first-order chi connectivity index (χ1) is 13.7. The second-order valence-corrected chi connectivity index (χ2v) is 7.42. The molecule has 0 atom stereocenters. The number of para-hydroxylation sites is 2. The van der Waals surface area contributed by atoms with Gasteiger partial charge in [0.1, 0.15) is 17.0 Å². The fourth-order valence-electron chi connectivity index (χ4n) is 3.21. The van der Waals surface area contributed by atoms with Gasteiger partial charge in [-0.1, -0.05) is 43.3 Å². The molecule has 140 valence electrons. The van der Waals surface area contributed by atoms with Crippen LogP contribution in [0.3, 0.4) is 0 Å². The van der Waals surface area contributed by atoms with Crippen molar-refractivity contribution in [2.45, 2.75) is 19.9 Å². The molecule has 0 amide bonds. The van der Waals surface area contributed by atoms with Crippen LogP contribution in [-0.2, 0) is 13.0 Å². The number of fused-ring (bicyclic) bond motifs is 1. The Balaban J connectivity index is 1.80. The molecule has 0 aliphatic carbocycles. The number of benzene rings is 2. The largest absolute Gasteiger partial charge is 0.457 e. The minimum Gasteiger partial charge on any atom is -0.457 e. The number of hydrogen-bond donors (Lipinski definition) is 0. The molecule has 0 aliphatic rings. The number of ether oxygens (including phenoxy) is 1. The third kappa shape index (κ3) is 3.71. The Morgan fingerprint density at radius 1 is 1.04 bits per heavy atom. The standard InChI is InChI=1S/C23H19BrN2O2/c1-2-16-14-26(20-12-18(24)13-25-22(20)23(16)27)15-17-8-6-7-11-21(17)28-19-9-4-3-5-10-19/h3-14H,2,15H2,1H3. The van der Waals surface area contributed by atoms with Crippen LogP contribution < -0.4 is 10.2 Å². The maximum atomic E-state index is 12.7. The van der Waals surface area contributed by atoms with Gasteiger partial charge in [-0.05, 0) is 46.6 Å². The molecule has 0 radical (unpaired) electrons. The summed E-state index contributed by atoms with van der Waals surface area (Å²) in [5, 5.41) is 0. The van der Waals surface area contributed by atoms with Gasteiger partial charge in [-0.2, -0.15) is 0 Å². The molecule has 2 heterocycles. The van der Waals surface area contributed by atoms with Crippen molar-refractivity contribution in [2.75, 3.05) is 0 Å². The van der Waals surface area contributed by atoms with E-state index in [0.29, 0.717) is 18.5 Å². The molecule has 0 saturated carbocycles. The van der Waals surface area contributed by atoms with Crippen LogP contribution in [-0.4, -0.2) is 9.55 Å². The lowest BCUT2D eigenvalue weighted by Crippen LogP contribution is -2.16. The number of pyridine rings is 2. The van der Waals surface area contributed by atoms with Crippen LogP contribution in [0.15, 0.2) is 82.3 Å². The van der Waals surface area contributed by atoms with E-state index in [-0.39, 0.29) is 5.43 Å². The maximum Gasteiger partial charge on any atom is 0.210 e. The topological polar surface area (TPSA) is 44.1 Å². The van der Waals surface area contributed by atoms with Crippen LogP contribution in [0.1, 0.15) is 18.1 Å². The molecule has 4 nitrogen and oxygen atoms in total. The zero-order valence-corrected chi connectivity index (χ0v) is 17.0. The van der Waals surface area contributed by atoms with E-state index < -0.39 is 0 Å². The second kappa shape index (κ2) is 7.98. The normalized spacial score (nSPS) is 10.9. The van der Waals surface area contributed by atoms with Crippen molar-refractivity contribution < 1.29 is 4.74 Å². The SMILES string of the molecule is CCc1cn(Cc2ccccc2Oc2ccccc2)c2cc(Br)cnc2c1=O. The Kier molecular flexibility index (Phi) is 5.26. The average Bonchev–Trinajstić information content (AvgIpc) is 2.72. The number of hydrogen-bond acceptors (Lipinski definition) is 3. The molecule has 2 aromatic heterocycles. The molecule has 0 bridgehead atoms. The van der Waals surface area contributed by atoms with Crippen molar-refractivity contribution in [3.63, 3.8) is 0 Å². The van der Waals surface area contributed by atoms with Gasteiger partial charge in [-0.3, -0.25) is 4.79 Å². The van der Waals surface area contributed by atoms with Gasteiger partial charge in [0, 0.05) is 28.0 Å². The molecule has 28 heavy (non-hydrogen) atoms. The number of halogens is 1. The lowest BCUT2D eigenvalue weighted by Gasteiger charge is -2.16. The highest BCUT2D eigenvalue weighted by Gasteiger charge is 2.12. The van der Waals surface area contributed by atoms with Crippen LogP contribution in [0.4, 0.5) is 0 Å². The van der Waals surface area contributed by atoms with E-state index in [1.165, 1.54) is 0 Å². The molecule has 0 N–H and O–H groups in total. The minimum absolute atomic E-state index is 0.00456. The lowest BCUT2D eigenvalue weighted by molar-refractivity contribution is 0.474. The minimum atomic E-state index is -0.00456. The highest BCUT2D eigenvalue weighted by molar-refractivity contribution is 9.10. The fourth-order valence-corrected chi connectivity index (χ4v) is 3.53. The first-order valence-corrected chi connectivity index (χ1v) is 9.93. The first kappa shape index (κ1) is 18.4. The monoisotopic (exact) mass is 434 g/mol. The predicted octanol–water partition coefficient (Wildman–Crippen LogP) is 5.56. The van der Waals surface area contributed by atoms with Gasteiger partial charge in [0.05, 0.1) is 12.1 Å². The first-order valence-electron chi connectivity index (χ1n) is 9.14.